The maximum Gasteiger partial charge on any atom is 0.189 e. The minimum atomic E-state index is -0.497. The lowest BCUT2D eigenvalue weighted by atomic mass is 10.1. The molecule has 0 aromatic heterocycles. The van der Waals surface area contributed by atoms with E-state index in [1.807, 2.05) is 24.3 Å². The Bertz CT molecular complexity index is 383. The zero-order chi connectivity index (χ0) is 11.3. The number of halogens is 1. The molecule has 1 aromatic rings. The molecule has 0 aliphatic carbocycles. The summed E-state index contributed by atoms with van der Waals surface area (Å²) in [5.74, 6) is 0. The SMILES string of the molecule is CC(=S)OC(C#N)Cc1ccc(Br)cc1. The fraction of sp³-hybridized carbons (Fsp3) is 0.273. The van der Waals surface area contributed by atoms with Crippen LogP contribution in [0.5, 0.6) is 0 Å². The zero-order valence-corrected chi connectivity index (χ0v) is 10.6. The standard InChI is InChI=1S/C11H10BrNOS/c1-8(15)14-11(7-13)6-9-2-4-10(12)5-3-9/h2-5,11H,6H2,1H3. The highest BCUT2D eigenvalue weighted by atomic mass is 79.9. The van der Waals surface area contributed by atoms with Gasteiger partial charge in [-0.3, -0.25) is 0 Å². The van der Waals surface area contributed by atoms with Crippen molar-refractivity contribution in [1.29, 1.82) is 5.26 Å². The third-order valence-electron chi connectivity index (χ3n) is 1.79. The lowest BCUT2D eigenvalue weighted by molar-refractivity contribution is 0.248. The summed E-state index contributed by atoms with van der Waals surface area (Å²) in [6, 6.07) is 9.86. The quantitative estimate of drug-likeness (QED) is 0.799. The second kappa shape index (κ2) is 5.84. The van der Waals surface area contributed by atoms with Crippen LogP contribution in [-0.2, 0) is 11.2 Å². The van der Waals surface area contributed by atoms with E-state index in [-0.39, 0.29) is 0 Å². The van der Waals surface area contributed by atoms with E-state index in [4.69, 9.17) is 22.2 Å². The first-order valence-corrected chi connectivity index (χ1v) is 5.63. The van der Waals surface area contributed by atoms with Gasteiger partial charge < -0.3 is 4.74 Å². The third kappa shape index (κ3) is 4.41. The average molecular weight is 284 g/mol. The molecule has 2 nitrogen and oxygen atoms in total. The highest BCUT2D eigenvalue weighted by molar-refractivity contribution is 9.10. The maximum absolute atomic E-state index is 8.85. The van der Waals surface area contributed by atoms with Gasteiger partial charge in [-0.25, -0.2) is 0 Å². The van der Waals surface area contributed by atoms with Crippen molar-refractivity contribution in [2.75, 3.05) is 0 Å². The number of hydrogen-bond acceptors (Lipinski definition) is 3. The molecule has 0 bridgehead atoms. The molecular formula is C11H10BrNOS. The van der Waals surface area contributed by atoms with Crippen LogP contribution in [0.2, 0.25) is 0 Å². The Morgan fingerprint density at radius 2 is 2.13 bits per heavy atom. The summed E-state index contributed by atoms with van der Waals surface area (Å²) in [5, 5.41) is 9.25. The molecule has 0 saturated carbocycles. The minimum Gasteiger partial charge on any atom is -0.469 e. The normalized spacial score (nSPS) is 11.5. The monoisotopic (exact) mass is 283 g/mol. The van der Waals surface area contributed by atoms with Gasteiger partial charge in [0, 0.05) is 17.8 Å². The zero-order valence-electron chi connectivity index (χ0n) is 8.24. The predicted molar refractivity (Wildman–Crippen MR) is 66.6 cm³/mol. The fourth-order valence-electron chi connectivity index (χ4n) is 1.15. The van der Waals surface area contributed by atoms with Crippen molar-refractivity contribution in [3.8, 4) is 6.07 Å². The van der Waals surface area contributed by atoms with Crippen LogP contribution in [0.4, 0.5) is 0 Å². The number of ether oxygens (including phenoxy) is 1. The first-order chi connectivity index (χ1) is 7.11. The van der Waals surface area contributed by atoms with E-state index in [1.165, 1.54) is 0 Å². The number of nitrogens with zero attached hydrogens (tertiary/aromatic N) is 1. The predicted octanol–water partition coefficient (Wildman–Crippen LogP) is 3.25. The maximum atomic E-state index is 8.85. The van der Waals surface area contributed by atoms with Gasteiger partial charge in [0.25, 0.3) is 0 Å². The summed E-state index contributed by atoms with van der Waals surface area (Å²) < 4.78 is 6.21. The molecule has 0 amide bonds. The summed E-state index contributed by atoms with van der Waals surface area (Å²) in [7, 11) is 0. The highest BCUT2D eigenvalue weighted by Crippen LogP contribution is 2.12. The second-order valence-electron chi connectivity index (χ2n) is 3.06. The Labute approximate surface area is 103 Å². The fourth-order valence-corrected chi connectivity index (χ4v) is 1.53. The smallest absolute Gasteiger partial charge is 0.189 e. The second-order valence-corrected chi connectivity index (χ2v) is 4.55. The summed E-state index contributed by atoms with van der Waals surface area (Å²) >= 11 is 8.15. The molecule has 0 fully saturated rings. The van der Waals surface area contributed by atoms with E-state index in [1.54, 1.807) is 6.92 Å². The van der Waals surface area contributed by atoms with Crippen molar-refractivity contribution in [2.45, 2.75) is 19.4 Å². The molecule has 1 atom stereocenters. The molecule has 0 radical (unpaired) electrons. The van der Waals surface area contributed by atoms with Crippen molar-refractivity contribution in [3.05, 3.63) is 34.3 Å². The molecule has 0 aliphatic heterocycles. The van der Waals surface area contributed by atoms with Crippen LogP contribution in [0.15, 0.2) is 28.7 Å². The molecule has 1 unspecified atom stereocenters. The Balaban J connectivity index is 2.63. The number of thiocarbonyl (C=S) groups is 1. The molecule has 1 aromatic carbocycles. The van der Waals surface area contributed by atoms with Gasteiger partial charge in [0.1, 0.15) is 6.07 Å². The lowest BCUT2D eigenvalue weighted by Crippen LogP contribution is -2.15. The molecule has 78 valence electrons. The summed E-state index contributed by atoms with van der Waals surface area (Å²) in [4.78, 5) is 0. The van der Waals surface area contributed by atoms with Crippen molar-refractivity contribution >= 4 is 33.2 Å². The number of rotatable bonds is 3. The van der Waals surface area contributed by atoms with Gasteiger partial charge in [-0.05, 0) is 29.9 Å². The molecule has 0 saturated heterocycles. The Kier molecular flexibility index (Phi) is 4.73. The molecule has 1 rings (SSSR count). The van der Waals surface area contributed by atoms with Crippen LogP contribution >= 0.6 is 28.1 Å². The average Bonchev–Trinajstić information content (AvgIpc) is 2.19. The molecule has 0 spiro atoms. The molecular weight excluding hydrogens is 274 g/mol. The molecule has 15 heavy (non-hydrogen) atoms. The van der Waals surface area contributed by atoms with Crippen LogP contribution in [-0.4, -0.2) is 11.2 Å². The van der Waals surface area contributed by atoms with Crippen LogP contribution in [0.25, 0.3) is 0 Å². The van der Waals surface area contributed by atoms with Crippen LogP contribution in [0.3, 0.4) is 0 Å². The van der Waals surface area contributed by atoms with Crippen molar-refractivity contribution < 1.29 is 4.74 Å². The van der Waals surface area contributed by atoms with E-state index in [2.05, 4.69) is 22.0 Å². The van der Waals surface area contributed by atoms with Gasteiger partial charge >= 0.3 is 0 Å². The number of hydrogen-bond donors (Lipinski definition) is 0. The van der Waals surface area contributed by atoms with Gasteiger partial charge in [0.15, 0.2) is 11.2 Å². The first kappa shape index (κ1) is 12.2. The van der Waals surface area contributed by atoms with Gasteiger partial charge in [-0.1, -0.05) is 28.1 Å². The van der Waals surface area contributed by atoms with Crippen molar-refractivity contribution in [1.82, 2.24) is 0 Å². The van der Waals surface area contributed by atoms with E-state index >= 15 is 0 Å². The highest BCUT2D eigenvalue weighted by Gasteiger charge is 2.09. The Hall–Kier alpha value is -0.920. The molecule has 0 N–H and O–H groups in total. The summed E-state index contributed by atoms with van der Waals surface area (Å²) in [5.41, 5.74) is 1.06. The van der Waals surface area contributed by atoms with Gasteiger partial charge in [-0.2, -0.15) is 5.26 Å². The van der Waals surface area contributed by atoms with Crippen molar-refractivity contribution in [3.63, 3.8) is 0 Å². The Morgan fingerprint density at radius 1 is 1.53 bits per heavy atom. The largest absolute Gasteiger partial charge is 0.469 e. The van der Waals surface area contributed by atoms with E-state index in [0.717, 1.165) is 10.0 Å². The van der Waals surface area contributed by atoms with Crippen LogP contribution in [0.1, 0.15) is 12.5 Å². The Morgan fingerprint density at radius 3 is 2.60 bits per heavy atom. The summed E-state index contributed by atoms with van der Waals surface area (Å²) in [6.45, 7) is 1.67. The number of nitriles is 1. The molecule has 0 aliphatic rings. The molecule has 4 heteroatoms. The lowest BCUT2D eigenvalue weighted by Gasteiger charge is -2.10. The minimum absolute atomic E-state index is 0.402. The van der Waals surface area contributed by atoms with Gasteiger partial charge in [0.2, 0.25) is 0 Å². The van der Waals surface area contributed by atoms with Gasteiger partial charge in [0.05, 0.1) is 0 Å². The van der Waals surface area contributed by atoms with Crippen LogP contribution in [0, 0.1) is 11.3 Å². The van der Waals surface area contributed by atoms with Crippen LogP contribution < -0.4 is 0 Å². The topological polar surface area (TPSA) is 33.0 Å². The van der Waals surface area contributed by atoms with E-state index in [0.29, 0.717) is 11.5 Å². The third-order valence-corrected chi connectivity index (χ3v) is 2.41. The number of benzene rings is 1. The first-order valence-electron chi connectivity index (χ1n) is 4.43. The van der Waals surface area contributed by atoms with E-state index < -0.39 is 6.10 Å². The van der Waals surface area contributed by atoms with Gasteiger partial charge in [-0.15, -0.1) is 0 Å². The molecule has 0 heterocycles. The van der Waals surface area contributed by atoms with Crippen molar-refractivity contribution in [2.24, 2.45) is 0 Å². The summed E-state index contributed by atoms with van der Waals surface area (Å²) in [6.07, 6.45) is 0.0567. The van der Waals surface area contributed by atoms with E-state index in [9.17, 15) is 0 Å².